The standard InChI is InChI=1S/C16H19Cl2N3OS/c1-9(2)21(5)8-19-12-6-11(4)13(7-10(12)3)22-16-20-14(17)15(18)23-16/h6-9H,1-5H3/b19-8+. The van der Waals surface area contributed by atoms with Crippen LogP contribution < -0.4 is 4.74 Å². The minimum Gasteiger partial charge on any atom is -0.431 e. The first kappa shape index (κ1) is 18.0. The number of aliphatic imine (C=N–C) groups is 1. The molecule has 124 valence electrons. The van der Waals surface area contributed by atoms with Crippen molar-refractivity contribution in [2.75, 3.05) is 7.05 Å². The van der Waals surface area contributed by atoms with Gasteiger partial charge in [0.05, 0.1) is 12.0 Å². The molecule has 0 aliphatic heterocycles. The fraction of sp³-hybridized carbons (Fsp3) is 0.375. The molecule has 0 aliphatic carbocycles. The lowest BCUT2D eigenvalue weighted by molar-refractivity contribution is 0.429. The monoisotopic (exact) mass is 371 g/mol. The summed E-state index contributed by atoms with van der Waals surface area (Å²) in [6.07, 6.45) is 1.84. The van der Waals surface area contributed by atoms with Gasteiger partial charge in [-0.25, -0.2) is 4.99 Å². The Hall–Kier alpha value is -1.30. The lowest BCUT2D eigenvalue weighted by Gasteiger charge is -2.17. The normalized spacial score (nSPS) is 11.5. The third kappa shape index (κ3) is 4.59. The van der Waals surface area contributed by atoms with Crippen LogP contribution in [-0.4, -0.2) is 29.3 Å². The van der Waals surface area contributed by atoms with Crippen LogP contribution in [0.4, 0.5) is 5.69 Å². The molecule has 2 aromatic rings. The lowest BCUT2D eigenvalue weighted by atomic mass is 10.1. The number of ether oxygens (including phenoxy) is 1. The van der Waals surface area contributed by atoms with Crippen molar-refractivity contribution in [1.29, 1.82) is 0 Å². The average molecular weight is 372 g/mol. The Labute approximate surface area is 150 Å². The molecule has 0 saturated carbocycles. The summed E-state index contributed by atoms with van der Waals surface area (Å²) in [6, 6.07) is 4.34. The van der Waals surface area contributed by atoms with Crippen molar-refractivity contribution in [3.05, 3.63) is 32.7 Å². The number of aryl methyl sites for hydroxylation is 2. The smallest absolute Gasteiger partial charge is 0.281 e. The van der Waals surface area contributed by atoms with Crippen molar-refractivity contribution in [2.24, 2.45) is 4.99 Å². The van der Waals surface area contributed by atoms with Crippen LogP contribution in [0.5, 0.6) is 10.9 Å². The third-order valence-corrected chi connectivity index (χ3v) is 5.03. The molecule has 0 radical (unpaired) electrons. The zero-order valence-electron chi connectivity index (χ0n) is 13.7. The average Bonchev–Trinajstić information content (AvgIpc) is 2.78. The molecule has 0 saturated heterocycles. The highest BCUT2D eigenvalue weighted by atomic mass is 35.5. The van der Waals surface area contributed by atoms with Crippen LogP contribution in [0.25, 0.3) is 0 Å². The predicted molar refractivity (Wildman–Crippen MR) is 99.2 cm³/mol. The van der Waals surface area contributed by atoms with Gasteiger partial charge in [0.2, 0.25) is 0 Å². The number of hydrogen-bond donors (Lipinski definition) is 0. The maximum atomic E-state index is 5.91. The zero-order valence-corrected chi connectivity index (χ0v) is 16.1. The fourth-order valence-corrected chi connectivity index (χ4v) is 2.75. The summed E-state index contributed by atoms with van der Waals surface area (Å²) < 4.78 is 6.21. The van der Waals surface area contributed by atoms with Crippen LogP contribution in [0.2, 0.25) is 9.49 Å². The molecule has 1 aromatic carbocycles. The Morgan fingerprint density at radius 2 is 1.96 bits per heavy atom. The van der Waals surface area contributed by atoms with E-state index in [0.717, 1.165) is 22.6 Å². The molecule has 0 spiro atoms. The Kier molecular flexibility index (Phi) is 5.89. The number of aromatic nitrogens is 1. The van der Waals surface area contributed by atoms with Crippen LogP contribution >= 0.6 is 34.5 Å². The van der Waals surface area contributed by atoms with Gasteiger partial charge in [0.25, 0.3) is 5.19 Å². The number of rotatable bonds is 5. The summed E-state index contributed by atoms with van der Waals surface area (Å²) in [6.45, 7) is 8.20. The molecule has 0 fully saturated rings. The van der Waals surface area contributed by atoms with Crippen LogP contribution in [0.3, 0.4) is 0 Å². The van der Waals surface area contributed by atoms with Crippen molar-refractivity contribution in [3.63, 3.8) is 0 Å². The van der Waals surface area contributed by atoms with E-state index >= 15 is 0 Å². The molecule has 0 unspecified atom stereocenters. The predicted octanol–water partition coefficient (Wildman–Crippen LogP) is 5.86. The largest absolute Gasteiger partial charge is 0.431 e. The van der Waals surface area contributed by atoms with Crippen molar-refractivity contribution in [3.8, 4) is 10.9 Å². The number of hydrogen-bond acceptors (Lipinski definition) is 4. The molecule has 4 nitrogen and oxygen atoms in total. The van der Waals surface area contributed by atoms with Crippen LogP contribution in [0.15, 0.2) is 17.1 Å². The van der Waals surface area contributed by atoms with E-state index in [4.69, 9.17) is 27.9 Å². The molecule has 0 aliphatic rings. The lowest BCUT2D eigenvalue weighted by Crippen LogP contribution is -2.24. The summed E-state index contributed by atoms with van der Waals surface area (Å²) in [5.41, 5.74) is 2.91. The van der Waals surface area contributed by atoms with Gasteiger partial charge in [-0.15, -0.1) is 0 Å². The van der Waals surface area contributed by atoms with Crippen molar-refractivity contribution < 1.29 is 4.74 Å². The number of nitrogens with zero attached hydrogens (tertiary/aromatic N) is 3. The second-order valence-electron chi connectivity index (χ2n) is 5.55. The van der Waals surface area contributed by atoms with Gasteiger partial charge >= 0.3 is 0 Å². The van der Waals surface area contributed by atoms with Gasteiger partial charge in [-0.3, -0.25) is 0 Å². The van der Waals surface area contributed by atoms with Crippen LogP contribution in [-0.2, 0) is 0 Å². The van der Waals surface area contributed by atoms with Crippen LogP contribution in [0.1, 0.15) is 25.0 Å². The highest BCUT2D eigenvalue weighted by Crippen LogP contribution is 2.37. The third-order valence-electron chi connectivity index (χ3n) is 3.41. The Bertz CT molecular complexity index is 709. The molecule has 0 bridgehead atoms. The molecule has 0 atom stereocenters. The second-order valence-corrected chi connectivity index (χ2v) is 7.48. The van der Waals surface area contributed by atoms with E-state index in [1.165, 1.54) is 11.3 Å². The van der Waals surface area contributed by atoms with Crippen LogP contribution in [0, 0.1) is 13.8 Å². The van der Waals surface area contributed by atoms with Gasteiger partial charge in [-0.2, -0.15) is 4.98 Å². The summed E-state index contributed by atoms with van der Waals surface area (Å²) >= 11 is 13.0. The number of halogens is 2. The number of thiazole rings is 1. The van der Waals surface area contributed by atoms with Gasteiger partial charge in [-0.05, 0) is 51.0 Å². The van der Waals surface area contributed by atoms with Crippen molar-refractivity contribution >= 4 is 46.6 Å². The van der Waals surface area contributed by atoms with Gasteiger partial charge in [0.15, 0.2) is 5.15 Å². The fourth-order valence-electron chi connectivity index (χ4n) is 1.71. The molecule has 1 aromatic heterocycles. The van der Waals surface area contributed by atoms with Gasteiger partial charge < -0.3 is 9.64 Å². The SMILES string of the molecule is Cc1cc(Oc2nc(Cl)c(Cl)s2)c(C)cc1/N=C/N(C)C(C)C. The maximum absolute atomic E-state index is 5.91. The molecule has 23 heavy (non-hydrogen) atoms. The summed E-state index contributed by atoms with van der Waals surface area (Å²) in [5.74, 6) is 0.723. The highest BCUT2D eigenvalue weighted by molar-refractivity contribution is 7.18. The molecule has 1 heterocycles. The topological polar surface area (TPSA) is 37.7 Å². The van der Waals surface area contributed by atoms with Gasteiger partial charge in [0.1, 0.15) is 10.1 Å². The summed E-state index contributed by atoms with van der Waals surface area (Å²) in [5, 5.41) is 0.692. The number of benzene rings is 1. The molecular weight excluding hydrogens is 353 g/mol. The first-order valence-electron chi connectivity index (χ1n) is 7.15. The first-order chi connectivity index (χ1) is 10.8. The molecule has 2 rings (SSSR count). The van der Waals surface area contributed by atoms with E-state index in [1.54, 1.807) is 0 Å². The molecular formula is C16H19Cl2N3OS. The first-order valence-corrected chi connectivity index (χ1v) is 8.72. The molecule has 0 N–H and O–H groups in total. The zero-order chi connectivity index (χ0) is 17.1. The quantitative estimate of drug-likeness (QED) is 0.487. The minimum absolute atomic E-state index is 0.263. The Balaban J connectivity index is 2.23. The van der Waals surface area contributed by atoms with E-state index in [2.05, 4.69) is 28.7 Å². The highest BCUT2D eigenvalue weighted by Gasteiger charge is 2.12. The Morgan fingerprint density at radius 1 is 1.26 bits per heavy atom. The summed E-state index contributed by atoms with van der Waals surface area (Å²) in [4.78, 5) is 10.7. The van der Waals surface area contributed by atoms with Gasteiger partial charge in [-0.1, -0.05) is 34.5 Å². The Morgan fingerprint density at radius 3 is 2.52 bits per heavy atom. The minimum atomic E-state index is 0.263. The molecule has 7 heteroatoms. The molecule has 0 amide bonds. The van der Waals surface area contributed by atoms with E-state index < -0.39 is 0 Å². The van der Waals surface area contributed by atoms with Crippen molar-refractivity contribution in [1.82, 2.24) is 9.88 Å². The maximum Gasteiger partial charge on any atom is 0.281 e. The van der Waals surface area contributed by atoms with E-state index in [-0.39, 0.29) is 5.15 Å². The summed E-state index contributed by atoms with van der Waals surface area (Å²) in [7, 11) is 2.00. The van der Waals surface area contributed by atoms with E-state index in [0.29, 0.717) is 15.6 Å². The van der Waals surface area contributed by atoms with Crippen molar-refractivity contribution in [2.45, 2.75) is 33.7 Å². The van der Waals surface area contributed by atoms with Gasteiger partial charge in [0, 0.05) is 13.1 Å². The second kappa shape index (κ2) is 7.51. The van der Waals surface area contributed by atoms with E-state index in [1.807, 2.05) is 39.4 Å². The van der Waals surface area contributed by atoms with E-state index in [9.17, 15) is 0 Å².